The van der Waals surface area contributed by atoms with E-state index in [0.717, 1.165) is 0 Å². The Balaban J connectivity index is 0. The predicted molar refractivity (Wildman–Crippen MR) is 14.2 cm³/mol. The van der Waals surface area contributed by atoms with E-state index in [-0.39, 0.29) is 29.6 Å². The molecule has 0 rings (SSSR count). The van der Waals surface area contributed by atoms with Crippen molar-refractivity contribution in [3.8, 4) is 0 Å². The van der Waals surface area contributed by atoms with Gasteiger partial charge in [-0.25, -0.2) is 0 Å². The maximum atomic E-state index is 10.5. The Morgan fingerprint density at radius 3 is 1.70 bits per heavy atom. The maximum Gasteiger partial charge on any atom is 1.00 e. The van der Waals surface area contributed by atoms with Crippen LogP contribution in [0.5, 0.6) is 0 Å². The fourth-order valence-electron chi connectivity index (χ4n) is 0.0814. The molecule has 6 nitrogen and oxygen atoms in total. The Labute approximate surface area is 75.6 Å². The molecule has 0 fully saturated rings. The van der Waals surface area contributed by atoms with Crippen molar-refractivity contribution in [3.05, 3.63) is 0 Å². The van der Waals surface area contributed by atoms with Crippen molar-refractivity contribution in [2.24, 2.45) is 0 Å². The first-order valence-electron chi connectivity index (χ1n) is 1.37. The molecule has 0 aromatic carbocycles. The minimum atomic E-state index is -5.14. The number of hydrogen-bond donors (Lipinski definition) is 0. The summed E-state index contributed by atoms with van der Waals surface area (Å²) in [6.07, 6.45) is 0. The summed E-state index contributed by atoms with van der Waals surface area (Å²) in [5.41, 5.74) is 0. The third-order valence-electron chi connectivity index (χ3n) is 0.239. The van der Waals surface area contributed by atoms with Crippen molar-refractivity contribution < 1.29 is 67.6 Å². The summed E-state index contributed by atoms with van der Waals surface area (Å²) in [7, 11) is -5.14. The molecule has 0 aliphatic heterocycles. The minimum Gasteiger partial charge on any atom is -0.753 e. The van der Waals surface area contributed by atoms with Gasteiger partial charge in [0.25, 0.3) is 0 Å². The topological polar surface area (TPSA) is 77.1 Å². The normalized spacial score (nSPS) is 10.7. The van der Waals surface area contributed by atoms with Crippen LogP contribution in [0.2, 0.25) is 0 Å². The maximum absolute atomic E-state index is 10.5. The van der Waals surface area contributed by atoms with Gasteiger partial charge in [0.2, 0.25) is 0 Å². The van der Waals surface area contributed by atoms with Crippen molar-refractivity contribution in [1.29, 1.82) is 0 Å². The van der Waals surface area contributed by atoms with Crippen LogP contribution in [0.15, 0.2) is 0 Å². The zero-order valence-corrected chi connectivity index (χ0v) is 7.55. The summed E-state index contributed by atoms with van der Waals surface area (Å²) in [5.74, 6) is 0. The van der Waals surface area contributed by atoms with Gasteiger partial charge in [0.1, 0.15) is 0 Å². The fourth-order valence-corrected chi connectivity index (χ4v) is 0.244. The Morgan fingerprint density at radius 2 is 1.50 bits per heavy atom. The Hall–Kier alpha value is 0.890. The van der Waals surface area contributed by atoms with Crippen LogP contribution in [0.1, 0.15) is 0 Å². The molecular formula is F2NaO6P. The van der Waals surface area contributed by atoms with E-state index in [2.05, 4.69) is 19.5 Å². The molecule has 56 valence electrons. The summed E-state index contributed by atoms with van der Waals surface area (Å²) < 4.78 is 36.0. The zero-order valence-electron chi connectivity index (χ0n) is 4.65. The molecule has 0 unspecified atom stereocenters. The van der Waals surface area contributed by atoms with E-state index in [1.54, 1.807) is 0 Å². The van der Waals surface area contributed by atoms with Gasteiger partial charge in [0, 0.05) is 0 Å². The molecule has 0 aliphatic carbocycles. The average molecular weight is 188 g/mol. The van der Waals surface area contributed by atoms with E-state index < -0.39 is 7.82 Å². The van der Waals surface area contributed by atoms with Gasteiger partial charge in [-0.3, -0.25) is 4.57 Å². The number of phosphoric acid groups is 1. The molecule has 0 saturated heterocycles. The molecule has 0 N–H and O–H groups in total. The van der Waals surface area contributed by atoms with Crippen molar-refractivity contribution in [2.75, 3.05) is 0 Å². The summed E-state index contributed by atoms with van der Waals surface area (Å²) in [6.45, 7) is 0. The quantitative estimate of drug-likeness (QED) is 0.204. The van der Waals surface area contributed by atoms with Gasteiger partial charge >= 0.3 is 37.4 Å². The zero-order chi connectivity index (χ0) is 7.33. The molecule has 0 aromatic rings. The van der Waals surface area contributed by atoms with Crippen LogP contribution in [0.3, 0.4) is 0 Å². The first-order valence-corrected chi connectivity index (χ1v) is 2.83. The van der Waals surface area contributed by atoms with Gasteiger partial charge in [-0.1, -0.05) is 0 Å². The fraction of sp³-hybridized carbons (Fsp3) is 0. The number of halogens is 2. The number of rotatable bonds is 4. The third kappa shape index (κ3) is 7.00. The summed E-state index contributed by atoms with van der Waals surface area (Å²) >= 11 is 0. The second-order valence-corrected chi connectivity index (χ2v) is 1.91. The molecular weight excluding hydrogens is 188 g/mol. The molecule has 0 aliphatic rings. The minimum absolute atomic E-state index is 0. The first kappa shape index (κ1) is 13.5. The van der Waals surface area contributed by atoms with Crippen molar-refractivity contribution >= 4 is 7.82 Å². The molecule has 0 heterocycles. The molecule has 0 aromatic heterocycles. The van der Waals surface area contributed by atoms with E-state index in [1.807, 2.05) is 0 Å². The molecule has 0 spiro atoms. The molecule has 0 radical (unpaired) electrons. The average Bonchev–Trinajstić information content (AvgIpc) is 1.64. The molecule has 0 saturated carbocycles. The van der Waals surface area contributed by atoms with Gasteiger partial charge in [-0.2, -0.15) is 0 Å². The van der Waals surface area contributed by atoms with Crippen LogP contribution in [-0.2, 0) is 24.1 Å². The SMILES string of the molecule is O=P([O-])(OOF)OOF.[Na+]. The summed E-state index contributed by atoms with van der Waals surface area (Å²) in [6, 6.07) is 0. The van der Waals surface area contributed by atoms with Crippen molar-refractivity contribution in [2.45, 2.75) is 0 Å². The molecule has 10 heavy (non-hydrogen) atoms. The second-order valence-electron chi connectivity index (χ2n) is 0.722. The summed E-state index contributed by atoms with van der Waals surface area (Å²) in [5, 5.41) is 4.22. The van der Waals surface area contributed by atoms with E-state index in [0.29, 0.717) is 0 Å². The summed E-state index contributed by atoms with van der Waals surface area (Å²) in [4.78, 5) is 9.68. The third-order valence-corrected chi connectivity index (χ3v) is 0.717. The molecule has 0 atom stereocenters. The van der Waals surface area contributed by atoms with Crippen molar-refractivity contribution in [1.82, 2.24) is 0 Å². The number of hydrogen-bond acceptors (Lipinski definition) is 6. The van der Waals surface area contributed by atoms with Gasteiger partial charge < -0.3 is 4.89 Å². The Kier molecular flexibility index (Phi) is 8.88. The van der Waals surface area contributed by atoms with Gasteiger partial charge in [-0.05, 0) is 19.2 Å². The first-order chi connectivity index (χ1) is 4.12. The van der Waals surface area contributed by atoms with Gasteiger partial charge in [0.15, 0.2) is 0 Å². The molecule has 0 amide bonds. The largest absolute Gasteiger partial charge is 1.00 e. The second kappa shape index (κ2) is 6.59. The van der Waals surface area contributed by atoms with E-state index in [9.17, 15) is 18.5 Å². The van der Waals surface area contributed by atoms with Crippen LogP contribution >= 0.6 is 7.82 Å². The van der Waals surface area contributed by atoms with Crippen LogP contribution in [0, 0.1) is 0 Å². The Bertz CT molecular complexity index is 106. The predicted octanol–water partition coefficient (Wildman–Crippen LogP) is -2.88. The molecule has 10 heteroatoms. The monoisotopic (exact) mass is 188 g/mol. The van der Waals surface area contributed by atoms with Crippen LogP contribution < -0.4 is 34.5 Å². The van der Waals surface area contributed by atoms with Gasteiger partial charge in [0.05, 0.1) is 0 Å². The van der Waals surface area contributed by atoms with E-state index in [4.69, 9.17) is 0 Å². The van der Waals surface area contributed by atoms with Crippen molar-refractivity contribution in [3.63, 3.8) is 0 Å². The smallest absolute Gasteiger partial charge is 0.753 e. The van der Waals surface area contributed by atoms with Gasteiger partial charge in [-0.15, -0.1) is 9.35 Å². The van der Waals surface area contributed by atoms with Crippen LogP contribution in [0.4, 0.5) is 9.05 Å². The van der Waals surface area contributed by atoms with E-state index >= 15 is 0 Å². The van der Waals surface area contributed by atoms with E-state index in [1.165, 1.54) is 0 Å². The standard InChI is InChI=1S/F2HO6P.Na/c1-5-7-9(3,4)8-6-2;/h(H,3,4);/q;+1/p-1. The van der Waals surface area contributed by atoms with Crippen LogP contribution in [-0.4, -0.2) is 0 Å². The Morgan fingerprint density at radius 1 is 1.20 bits per heavy atom. The van der Waals surface area contributed by atoms with Crippen LogP contribution in [0.25, 0.3) is 0 Å². The molecule has 0 bridgehead atoms.